The van der Waals surface area contributed by atoms with Gasteiger partial charge in [0.25, 0.3) is 0 Å². The minimum absolute atomic E-state index is 0.262. The zero-order valence-electron chi connectivity index (χ0n) is 10.1. The average molecular weight is 254 g/mol. The van der Waals surface area contributed by atoms with Gasteiger partial charge in [-0.1, -0.05) is 60.3 Å². The van der Waals surface area contributed by atoms with E-state index in [1.807, 2.05) is 48.6 Å². The van der Waals surface area contributed by atoms with Crippen molar-refractivity contribution in [2.45, 2.75) is 6.92 Å². The first kappa shape index (κ1) is 12.5. The molecule has 0 radical (unpaired) electrons. The summed E-state index contributed by atoms with van der Waals surface area (Å²) in [5.41, 5.74) is 3.19. The molecule has 1 N–H and O–H groups in total. The minimum Gasteiger partial charge on any atom is -0.508 e. The van der Waals surface area contributed by atoms with Crippen molar-refractivity contribution < 1.29 is 5.11 Å². The molecule has 0 atom stereocenters. The minimum atomic E-state index is 0.262. The molecule has 0 unspecified atom stereocenters. The normalized spacial score (nSPS) is 10.7. The van der Waals surface area contributed by atoms with Crippen molar-refractivity contribution in [1.82, 2.24) is 0 Å². The van der Waals surface area contributed by atoms with Gasteiger partial charge >= 0.3 is 0 Å². The summed E-state index contributed by atoms with van der Waals surface area (Å²) in [6, 6.07) is 15.2. The van der Waals surface area contributed by atoms with Gasteiger partial charge in [0, 0.05) is 4.86 Å². The van der Waals surface area contributed by atoms with Crippen molar-refractivity contribution in [3.8, 4) is 5.75 Å². The number of rotatable bonds is 3. The van der Waals surface area contributed by atoms with Crippen LogP contribution < -0.4 is 0 Å². The Labute approximate surface area is 112 Å². The van der Waals surface area contributed by atoms with Crippen molar-refractivity contribution in [3.05, 3.63) is 71.3 Å². The molecule has 18 heavy (non-hydrogen) atoms. The van der Waals surface area contributed by atoms with Crippen molar-refractivity contribution in [3.63, 3.8) is 0 Å². The van der Waals surface area contributed by atoms with Crippen LogP contribution in [0.5, 0.6) is 5.75 Å². The SMILES string of the molecule is Cc1ccc(C(=S)C=Cc2cccc(O)c2)cc1. The van der Waals surface area contributed by atoms with Crippen LogP contribution >= 0.6 is 12.2 Å². The fraction of sp³-hybridized carbons (Fsp3) is 0.0625. The first-order valence-corrected chi connectivity index (χ1v) is 6.14. The topological polar surface area (TPSA) is 20.2 Å². The number of thiocarbonyl (C=S) groups is 1. The van der Waals surface area contributed by atoms with Crippen LogP contribution in [0.3, 0.4) is 0 Å². The van der Waals surface area contributed by atoms with E-state index in [9.17, 15) is 5.11 Å². The molecule has 0 saturated heterocycles. The molecule has 1 nitrogen and oxygen atoms in total. The van der Waals surface area contributed by atoms with E-state index in [1.165, 1.54) is 5.56 Å². The fourth-order valence-electron chi connectivity index (χ4n) is 1.61. The Morgan fingerprint density at radius 1 is 1.11 bits per heavy atom. The van der Waals surface area contributed by atoms with Crippen molar-refractivity contribution in [2.24, 2.45) is 0 Å². The molecular weight excluding hydrogens is 240 g/mol. The molecule has 0 aromatic heterocycles. The summed E-state index contributed by atoms with van der Waals surface area (Å²) in [6.45, 7) is 2.05. The first-order chi connectivity index (χ1) is 8.65. The highest BCUT2D eigenvalue weighted by atomic mass is 32.1. The number of phenolic OH excluding ortho intramolecular Hbond substituents is 1. The van der Waals surface area contributed by atoms with E-state index in [1.54, 1.807) is 12.1 Å². The van der Waals surface area contributed by atoms with Crippen molar-refractivity contribution >= 4 is 23.2 Å². The van der Waals surface area contributed by atoms with Gasteiger partial charge in [0.2, 0.25) is 0 Å². The number of aryl methyl sites for hydroxylation is 1. The lowest BCUT2D eigenvalue weighted by molar-refractivity contribution is 0.475. The third-order valence-electron chi connectivity index (χ3n) is 2.63. The quantitative estimate of drug-likeness (QED) is 0.505. The molecule has 0 spiro atoms. The van der Waals surface area contributed by atoms with E-state index in [0.717, 1.165) is 16.0 Å². The molecule has 2 aromatic carbocycles. The third-order valence-corrected chi connectivity index (χ3v) is 3.01. The molecule has 0 aliphatic carbocycles. The molecule has 0 aliphatic heterocycles. The summed E-state index contributed by atoms with van der Waals surface area (Å²) < 4.78 is 0. The number of benzene rings is 2. The van der Waals surface area contributed by atoms with E-state index >= 15 is 0 Å². The Morgan fingerprint density at radius 3 is 2.50 bits per heavy atom. The molecule has 0 amide bonds. The largest absolute Gasteiger partial charge is 0.508 e. The smallest absolute Gasteiger partial charge is 0.116 e. The van der Waals surface area contributed by atoms with Crippen LogP contribution in [0.2, 0.25) is 0 Å². The summed E-state index contributed by atoms with van der Waals surface area (Å²) in [4.78, 5) is 0.790. The predicted octanol–water partition coefficient (Wildman–Crippen LogP) is 4.13. The zero-order valence-corrected chi connectivity index (χ0v) is 10.9. The van der Waals surface area contributed by atoms with E-state index in [0.29, 0.717) is 0 Å². The lowest BCUT2D eigenvalue weighted by atomic mass is 10.1. The molecule has 0 fully saturated rings. The summed E-state index contributed by atoms with van der Waals surface area (Å²) in [5.74, 6) is 0.262. The van der Waals surface area contributed by atoms with Crippen molar-refractivity contribution in [2.75, 3.05) is 0 Å². The molecule has 0 saturated carbocycles. The Morgan fingerprint density at radius 2 is 1.83 bits per heavy atom. The summed E-state index contributed by atoms with van der Waals surface area (Å²) in [7, 11) is 0. The maximum atomic E-state index is 9.36. The van der Waals surface area contributed by atoms with Gasteiger partial charge in [-0.2, -0.15) is 0 Å². The zero-order chi connectivity index (χ0) is 13.0. The number of aromatic hydroxyl groups is 1. The molecule has 2 aromatic rings. The van der Waals surface area contributed by atoms with E-state index in [2.05, 4.69) is 6.92 Å². The molecular formula is C16H14OS. The second kappa shape index (κ2) is 5.61. The summed E-state index contributed by atoms with van der Waals surface area (Å²) in [6.07, 6.45) is 3.79. The average Bonchev–Trinajstić information content (AvgIpc) is 2.37. The predicted molar refractivity (Wildman–Crippen MR) is 80.0 cm³/mol. The molecule has 2 heteroatoms. The molecule has 2 rings (SSSR count). The summed E-state index contributed by atoms with van der Waals surface area (Å²) in [5, 5.41) is 9.36. The highest BCUT2D eigenvalue weighted by molar-refractivity contribution is 7.81. The lowest BCUT2D eigenvalue weighted by Gasteiger charge is -2.00. The Kier molecular flexibility index (Phi) is 3.90. The van der Waals surface area contributed by atoms with Crippen LogP contribution in [0.25, 0.3) is 6.08 Å². The first-order valence-electron chi connectivity index (χ1n) is 5.73. The fourth-order valence-corrected chi connectivity index (χ4v) is 1.82. The van der Waals surface area contributed by atoms with E-state index in [4.69, 9.17) is 12.2 Å². The molecule has 0 bridgehead atoms. The number of hydrogen-bond acceptors (Lipinski definition) is 2. The second-order valence-electron chi connectivity index (χ2n) is 4.16. The number of hydrogen-bond donors (Lipinski definition) is 1. The van der Waals surface area contributed by atoms with Crippen molar-refractivity contribution in [1.29, 1.82) is 0 Å². The van der Waals surface area contributed by atoms with Gasteiger partial charge in [-0.3, -0.25) is 0 Å². The van der Waals surface area contributed by atoms with Gasteiger partial charge < -0.3 is 5.11 Å². The monoisotopic (exact) mass is 254 g/mol. The Hall–Kier alpha value is -1.93. The van der Waals surface area contributed by atoms with Gasteiger partial charge in [0.15, 0.2) is 0 Å². The van der Waals surface area contributed by atoms with Gasteiger partial charge in [0.05, 0.1) is 0 Å². The van der Waals surface area contributed by atoms with Crippen LogP contribution in [-0.2, 0) is 0 Å². The third kappa shape index (κ3) is 3.28. The van der Waals surface area contributed by atoms with E-state index < -0.39 is 0 Å². The summed E-state index contributed by atoms with van der Waals surface area (Å²) >= 11 is 5.35. The Bertz CT molecular complexity index is 582. The van der Waals surface area contributed by atoms with Crippen LogP contribution in [0.1, 0.15) is 16.7 Å². The van der Waals surface area contributed by atoms with Gasteiger partial charge in [-0.05, 0) is 36.3 Å². The van der Waals surface area contributed by atoms with Crippen LogP contribution in [0, 0.1) is 6.92 Å². The highest BCUT2D eigenvalue weighted by Crippen LogP contribution is 2.13. The van der Waals surface area contributed by atoms with Crippen LogP contribution in [0.15, 0.2) is 54.6 Å². The van der Waals surface area contributed by atoms with Crippen LogP contribution in [-0.4, -0.2) is 9.97 Å². The second-order valence-corrected chi connectivity index (χ2v) is 4.60. The molecule has 0 aliphatic rings. The van der Waals surface area contributed by atoms with Gasteiger partial charge in [-0.15, -0.1) is 0 Å². The highest BCUT2D eigenvalue weighted by Gasteiger charge is 1.96. The standard InChI is InChI=1S/C16H14OS/c1-12-5-8-14(9-6-12)16(18)10-7-13-3-2-4-15(17)11-13/h2-11,17H,1H3. The van der Waals surface area contributed by atoms with Gasteiger partial charge in [0.1, 0.15) is 5.75 Å². The van der Waals surface area contributed by atoms with Crippen LogP contribution in [0.4, 0.5) is 0 Å². The lowest BCUT2D eigenvalue weighted by Crippen LogP contribution is -1.91. The van der Waals surface area contributed by atoms with Gasteiger partial charge in [-0.25, -0.2) is 0 Å². The molecule has 90 valence electrons. The number of phenols is 1. The number of allylic oxidation sites excluding steroid dienone is 1. The van der Waals surface area contributed by atoms with E-state index in [-0.39, 0.29) is 5.75 Å². The molecule has 0 heterocycles. The maximum absolute atomic E-state index is 9.36. The Balaban J connectivity index is 2.14. The maximum Gasteiger partial charge on any atom is 0.116 e.